The van der Waals surface area contributed by atoms with E-state index in [4.69, 9.17) is 16.7 Å². The minimum absolute atomic E-state index is 0.0126. The van der Waals surface area contributed by atoms with Gasteiger partial charge in [0.1, 0.15) is 0 Å². The first-order chi connectivity index (χ1) is 10.1. The van der Waals surface area contributed by atoms with Crippen molar-refractivity contribution in [3.63, 3.8) is 0 Å². The third kappa shape index (κ3) is 3.19. The zero-order valence-corrected chi connectivity index (χ0v) is 13.3. The van der Waals surface area contributed by atoms with Gasteiger partial charge in [-0.3, -0.25) is 4.79 Å². The van der Waals surface area contributed by atoms with Crippen molar-refractivity contribution < 1.29 is 9.90 Å². The van der Waals surface area contributed by atoms with Crippen molar-refractivity contribution in [2.24, 2.45) is 11.8 Å². The van der Waals surface area contributed by atoms with E-state index in [0.717, 1.165) is 28.7 Å². The van der Waals surface area contributed by atoms with E-state index in [9.17, 15) is 4.79 Å². The first kappa shape index (κ1) is 14.7. The molecule has 1 heterocycles. The number of para-hydroxylation sites is 1. The highest BCUT2D eigenvalue weighted by Crippen LogP contribution is 2.39. The summed E-state index contributed by atoms with van der Waals surface area (Å²) in [5.74, 6) is 0.517. The number of benzene rings is 1. The van der Waals surface area contributed by atoms with Gasteiger partial charge in [0.25, 0.3) is 0 Å². The van der Waals surface area contributed by atoms with Crippen LogP contribution in [0.1, 0.15) is 19.8 Å². The van der Waals surface area contributed by atoms with Crippen LogP contribution in [0, 0.1) is 11.8 Å². The van der Waals surface area contributed by atoms with Crippen LogP contribution in [-0.4, -0.2) is 26.4 Å². The fourth-order valence-electron chi connectivity index (χ4n) is 2.63. The Morgan fingerprint density at radius 3 is 3.00 bits per heavy atom. The average molecular weight is 325 g/mol. The van der Waals surface area contributed by atoms with E-state index < -0.39 is 5.97 Å². The summed E-state index contributed by atoms with van der Waals surface area (Å²) in [6.45, 7) is 3.08. The molecule has 1 aromatic carbocycles. The molecule has 4 nitrogen and oxygen atoms in total. The number of fused-ring (bicyclic) bond motifs is 1. The maximum Gasteiger partial charge on any atom is 0.313 e. The normalized spacial score (nSPS) is 16.3. The van der Waals surface area contributed by atoms with Crippen LogP contribution in [0.25, 0.3) is 11.0 Å². The van der Waals surface area contributed by atoms with E-state index in [-0.39, 0.29) is 5.75 Å². The number of hydrogen-bond acceptors (Lipinski definition) is 3. The van der Waals surface area contributed by atoms with Crippen molar-refractivity contribution in [3.8, 4) is 0 Å². The Morgan fingerprint density at radius 2 is 2.33 bits per heavy atom. The van der Waals surface area contributed by atoms with Crippen LogP contribution in [0.4, 0.5) is 0 Å². The molecule has 0 radical (unpaired) electrons. The molecule has 1 fully saturated rings. The Bertz CT molecular complexity index is 682. The molecule has 21 heavy (non-hydrogen) atoms. The topological polar surface area (TPSA) is 55.1 Å². The molecule has 1 saturated carbocycles. The van der Waals surface area contributed by atoms with E-state index in [2.05, 4.69) is 16.5 Å². The highest BCUT2D eigenvalue weighted by atomic mass is 35.5. The lowest BCUT2D eigenvalue weighted by Gasteiger charge is -2.14. The highest BCUT2D eigenvalue weighted by molar-refractivity contribution is 7.99. The van der Waals surface area contributed by atoms with E-state index in [0.29, 0.717) is 10.9 Å². The first-order valence-electron chi connectivity index (χ1n) is 7.05. The lowest BCUT2D eigenvalue weighted by molar-refractivity contribution is -0.133. The van der Waals surface area contributed by atoms with Crippen molar-refractivity contribution in [1.82, 2.24) is 9.55 Å². The smallest absolute Gasteiger partial charge is 0.313 e. The van der Waals surface area contributed by atoms with Crippen LogP contribution in [0.2, 0.25) is 5.02 Å². The SMILES string of the molecule is CC(Cn1c(SCC(=O)O)nc2cccc(Cl)c21)C1CC1. The average Bonchev–Trinajstić information content (AvgIpc) is 3.21. The molecule has 0 bridgehead atoms. The van der Waals surface area contributed by atoms with Gasteiger partial charge in [-0.2, -0.15) is 0 Å². The minimum Gasteiger partial charge on any atom is -0.481 e. The summed E-state index contributed by atoms with van der Waals surface area (Å²) in [6.07, 6.45) is 2.58. The molecule has 0 spiro atoms. The van der Waals surface area contributed by atoms with Gasteiger partial charge in [0, 0.05) is 6.54 Å². The molecule has 0 saturated heterocycles. The quantitative estimate of drug-likeness (QED) is 0.818. The van der Waals surface area contributed by atoms with Crippen LogP contribution in [0.5, 0.6) is 0 Å². The van der Waals surface area contributed by atoms with Gasteiger partial charge in [-0.15, -0.1) is 0 Å². The zero-order valence-electron chi connectivity index (χ0n) is 11.8. The molecular weight excluding hydrogens is 308 g/mol. The molecule has 1 N–H and O–H groups in total. The summed E-state index contributed by atoms with van der Waals surface area (Å²) in [4.78, 5) is 15.4. The molecule has 3 rings (SSSR count). The van der Waals surface area contributed by atoms with Gasteiger partial charge in [0.15, 0.2) is 5.16 Å². The number of halogens is 1. The highest BCUT2D eigenvalue weighted by Gasteiger charge is 2.29. The molecule has 1 aliphatic carbocycles. The fourth-order valence-corrected chi connectivity index (χ4v) is 3.64. The number of imidazole rings is 1. The summed E-state index contributed by atoms with van der Waals surface area (Å²) >= 11 is 7.59. The summed E-state index contributed by atoms with van der Waals surface area (Å²) in [6, 6.07) is 5.65. The molecule has 6 heteroatoms. The molecule has 112 valence electrons. The van der Waals surface area contributed by atoms with Crippen LogP contribution in [0.15, 0.2) is 23.4 Å². The van der Waals surface area contributed by atoms with E-state index >= 15 is 0 Å². The molecule has 0 amide bonds. The van der Waals surface area contributed by atoms with Crippen molar-refractivity contribution in [3.05, 3.63) is 23.2 Å². The van der Waals surface area contributed by atoms with Crippen molar-refractivity contribution in [2.45, 2.75) is 31.5 Å². The monoisotopic (exact) mass is 324 g/mol. The number of carbonyl (C=O) groups is 1. The third-order valence-corrected chi connectivity index (χ3v) is 5.17. The van der Waals surface area contributed by atoms with Gasteiger partial charge in [-0.1, -0.05) is 36.4 Å². The molecule has 1 unspecified atom stereocenters. The second-order valence-electron chi connectivity index (χ2n) is 5.61. The van der Waals surface area contributed by atoms with Crippen LogP contribution >= 0.6 is 23.4 Å². The maximum atomic E-state index is 10.8. The first-order valence-corrected chi connectivity index (χ1v) is 8.42. The summed E-state index contributed by atoms with van der Waals surface area (Å²) in [5.41, 5.74) is 1.75. The summed E-state index contributed by atoms with van der Waals surface area (Å²) < 4.78 is 2.09. The van der Waals surface area contributed by atoms with Gasteiger partial charge < -0.3 is 9.67 Å². The number of hydrogen-bond donors (Lipinski definition) is 1. The van der Waals surface area contributed by atoms with E-state index in [1.54, 1.807) is 0 Å². The molecule has 0 aliphatic heterocycles. The second-order valence-corrected chi connectivity index (χ2v) is 6.96. The Hall–Kier alpha value is -1.20. The Kier molecular flexibility index (Phi) is 4.13. The van der Waals surface area contributed by atoms with Gasteiger partial charge >= 0.3 is 5.97 Å². The number of carboxylic acid groups (broad SMARTS) is 1. The lowest BCUT2D eigenvalue weighted by Crippen LogP contribution is -2.11. The van der Waals surface area contributed by atoms with Crippen LogP contribution < -0.4 is 0 Å². The minimum atomic E-state index is -0.833. The number of nitrogens with zero attached hydrogens (tertiary/aromatic N) is 2. The van der Waals surface area contributed by atoms with Crippen LogP contribution in [0.3, 0.4) is 0 Å². The van der Waals surface area contributed by atoms with Gasteiger partial charge in [-0.05, 0) is 36.8 Å². The van der Waals surface area contributed by atoms with Crippen molar-refractivity contribution in [2.75, 3.05) is 5.75 Å². The molecule has 1 atom stereocenters. The molecule has 2 aromatic rings. The Balaban J connectivity index is 1.98. The predicted octanol–water partition coefficient (Wildman–Crippen LogP) is 3.91. The largest absolute Gasteiger partial charge is 0.481 e. The number of thioether (sulfide) groups is 1. The number of carboxylic acids is 1. The third-order valence-electron chi connectivity index (χ3n) is 3.90. The zero-order chi connectivity index (χ0) is 15.0. The fraction of sp³-hybridized carbons (Fsp3) is 0.467. The van der Waals surface area contributed by atoms with Gasteiger partial charge in [0.05, 0.1) is 21.8 Å². The standard InChI is InChI=1S/C15H17ClN2O2S/c1-9(10-5-6-10)7-18-14-11(16)3-2-4-12(14)17-15(18)21-8-13(19)20/h2-4,9-10H,5-8H2,1H3,(H,19,20). The summed E-state index contributed by atoms with van der Waals surface area (Å²) in [7, 11) is 0. The second kappa shape index (κ2) is 5.89. The van der Waals surface area contributed by atoms with Gasteiger partial charge in [-0.25, -0.2) is 4.98 Å². The number of aliphatic carboxylic acids is 1. The lowest BCUT2D eigenvalue weighted by atomic mass is 10.1. The summed E-state index contributed by atoms with van der Waals surface area (Å²) in [5, 5.41) is 10.3. The van der Waals surface area contributed by atoms with Gasteiger partial charge in [0.2, 0.25) is 0 Å². The number of rotatable bonds is 6. The van der Waals surface area contributed by atoms with Crippen LogP contribution in [-0.2, 0) is 11.3 Å². The maximum absolute atomic E-state index is 10.8. The predicted molar refractivity (Wildman–Crippen MR) is 85.0 cm³/mol. The molecule has 1 aromatic heterocycles. The van der Waals surface area contributed by atoms with E-state index in [1.165, 1.54) is 24.6 Å². The molecule has 1 aliphatic rings. The Morgan fingerprint density at radius 1 is 1.57 bits per heavy atom. The Labute approximate surface area is 132 Å². The van der Waals surface area contributed by atoms with Crippen molar-refractivity contribution >= 4 is 40.4 Å². The van der Waals surface area contributed by atoms with E-state index in [1.807, 2.05) is 18.2 Å². The number of aromatic nitrogens is 2. The van der Waals surface area contributed by atoms with Crippen molar-refractivity contribution in [1.29, 1.82) is 0 Å². The molecular formula is C15H17ClN2O2S.